The largest absolute Gasteiger partial charge is 0.369 e. The van der Waals surface area contributed by atoms with Crippen molar-refractivity contribution in [2.75, 3.05) is 19.7 Å². The van der Waals surface area contributed by atoms with Crippen molar-refractivity contribution < 1.29 is 9.13 Å². The molecule has 1 aliphatic rings. The number of morpholine rings is 1. The van der Waals surface area contributed by atoms with E-state index in [9.17, 15) is 9.18 Å². The third-order valence-electron chi connectivity index (χ3n) is 3.57. The van der Waals surface area contributed by atoms with Crippen LogP contribution in [0.25, 0.3) is 0 Å². The zero-order valence-electron chi connectivity index (χ0n) is 12.3. The van der Waals surface area contributed by atoms with Crippen molar-refractivity contribution >= 4 is 0 Å². The molecule has 1 N–H and O–H groups in total. The van der Waals surface area contributed by atoms with Gasteiger partial charge in [0, 0.05) is 31.9 Å². The van der Waals surface area contributed by atoms with Crippen LogP contribution in [-0.4, -0.2) is 39.5 Å². The highest BCUT2D eigenvalue weighted by Gasteiger charge is 2.24. The average molecular weight is 304 g/mol. The van der Waals surface area contributed by atoms with E-state index in [1.54, 1.807) is 19.2 Å². The summed E-state index contributed by atoms with van der Waals surface area (Å²) in [5, 5.41) is 0. The summed E-state index contributed by atoms with van der Waals surface area (Å²) in [6.45, 7) is 3.89. The smallest absolute Gasteiger partial charge is 0.251 e. The maximum absolute atomic E-state index is 13.7. The van der Waals surface area contributed by atoms with E-state index in [-0.39, 0.29) is 17.5 Å². The molecule has 7 heteroatoms. The number of aryl methyl sites for hydroxylation is 1. The molecule has 22 heavy (non-hydrogen) atoms. The van der Waals surface area contributed by atoms with Gasteiger partial charge >= 0.3 is 0 Å². The normalized spacial score (nSPS) is 19.3. The summed E-state index contributed by atoms with van der Waals surface area (Å²) in [7, 11) is 0. The Morgan fingerprint density at radius 2 is 2.41 bits per heavy atom. The molecule has 0 bridgehead atoms. The molecule has 1 fully saturated rings. The van der Waals surface area contributed by atoms with Gasteiger partial charge in [-0.05, 0) is 19.1 Å². The van der Waals surface area contributed by atoms with E-state index in [4.69, 9.17) is 4.74 Å². The lowest BCUT2D eigenvalue weighted by Crippen LogP contribution is -2.38. The first-order chi connectivity index (χ1) is 10.6. The van der Waals surface area contributed by atoms with Crippen molar-refractivity contribution in [3.05, 3.63) is 57.8 Å². The number of ether oxygens (including phenoxy) is 1. The number of H-pyrrole nitrogens is 1. The summed E-state index contributed by atoms with van der Waals surface area (Å²) >= 11 is 0. The summed E-state index contributed by atoms with van der Waals surface area (Å²) in [5.41, 5.74) is 0.824. The van der Waals surface area contributed by atoms with Crippen LogP contribution < -0.4 is 5.56 Å². The van der Waals surface area contributed by atoms with Gasteiger partial charge in [-0.1, -0.05) is 0 Å². The van der Waals surface area contributed by atoms with E-state index in [1.165, 1.54) is 12.1 Å². The van der Waals surface area contributed by atoms with Crippen LogP contribution in [0.3, 0.4) is 0 Å². The summed E-state index contributed by atoms with van der Waals surface area (Å²) in [4.78, 5) is 24.6. The van der Waals surface area contributed by atoms with Gasteiger partial charge in [-0.25, -0.2) is 9.37 Å². The number of nitrogens with zero attached hydrogens (tertiary/aromatic N) is 3. The number of hydrogen-bond acceptors (Lipinski definition) is 5. The van der Waals surface area contributed by atoms with Gasteiger partial charge in [0.15, 0.2) is 0 Å². The lowest BCUT2D eigenvalue weighted by atomic mass is 10.2. The maximum Gasteiger partial charge on any atom is 0.251 e. The Balaban J connectivity index is 1.74. The molecule has 2 aromatic heterocycles. The van der Waals surface area contributed by atoms with Crippen LogP contribution in [0.4, 0.5) is 4.39 Å². The zero-order valence-corrected chi connectivity index (χ0v) is 12.3. The highest BCUT2D eigenvalue weighted by atomic mass is 19.1. The first kappa shape index (κ1) is 14.8. The van der Waals surface area contributed by atoms with Gasteiger partial charge in [-0.15, -0.1) is 0 Å². The zero-order chi connectivity index (χ0) is 15.5. The number of rotatable bonds is 3. The third-order valence-corrected chi connectivity index (χ3v) is 3.57. The second-order valence-corrected chi connectivity index (χ2v) is 5.28. The van der Waals surface area contributed by atoms with Crippen molar-refractivity contribution in [2.45, 2.75) is 19.6 Å². The number of halogens is 1. The van der Waals surface area contributed by atoms with Crippen LogP contribution in [0.2, 0.25) is 0 Å². The van der Waals surface area contributed by atoms with E-state index in [0.29, 0.717) is 43.5 Å². The Bertz CT molecular complexity index is 719. The van der Waals surface area contributed by atoms with Crippen LogP contribution in [0.15, 0.2) is 29.2 Å². The van der Waals surface area contributed by atoms with Crippen molar-refractivity contribution in [3.63, 3.8) is 0 Å². The van der Waals surface area contributed by atoms with E-state index in [1.807, 2.05) is 0 Å². The van der Waals surface area contributed by atoms with Gasteiger partial charge in [0.2, 0.25) is 0 Å². The summed E-state index contributed by atoms with van der Waals surface area (Å²) in [5.74, 6) is 0.245. The maximum atomic E-state index is 13.7. The lowest BCUT2D eigenvalue weighted by Gasteiger charge is -2.32. The number of nitrogens with one attached hydrogen (secondary N) is 1. The molecule has 0 aromatic carbocycles. The molecule has 0 radical (unpaired) electrons. The third kappa shape index (κ3) is 3.37. The monoisotopic (exact) mass is 304 g/mol. The molecule has 6 nitrogen and oxygen atoms in total. The molecule has 1 atom stereocenters. The molecular weight excluding hydrogens is 287 g/mol. The Hall–Kier alpha value is -2.12. The molecule has 116 valence electrons. The van der Waals surface area contributed by atoms with Gasteiger partial charge in [-0.2, -0.15) is 0 Å². The Morgan fingerprint density at radius 3 is 3.18 bits per heavy atom. The minimum atomic E-state index is -0.310. The Morgan fingerprint density at radius 1 is 1.55 bits per heavy atom. The van der Waals surface area contributed by atoms with Gasteiger partial charge in [0.1, 0.15) is 17.7 Å². The highest BCUT2D eigenvalue weighted by molar-refractivity contribution is 5.09. The molecule has 3 rings (SSSR count). The Labute approximate surface area is 127 Å². The molecule has 3 heterocycles. The topological polar surface area (TPSA) is 71.1 Å². The molecule has 0 unspecified atom stereocenters. The molecule has 2 aromatic rings. The summed E-state index contributed by atoms with van der Waals surface area (Å²) in [6.07, 6.45) is 1.29. The van der Waals surface area contributed by atoms with Crippen LogP contribution in [0.5, 0.6) is 0 Å². The fraction of sp³-hybridized carbons (Fsp3) is 0.400. The number of hydrogen-bond donors (Lipinski definition) is 1. The average Bonchev–Trinajstić information content (AvgIpc) is 2.49. The second kappa shape index (κ2) is 6.33. The van der Waals surface area contributed by atoms with E-state index < -0.39 is 0 Å². The predicted octanol–water partition coefficient (Wildman–Crippen LogP) is 1.19. The predicted molar refractivity (Wildman–Crippen MR) is 77.8 cm³/mol. The molecule has 0 spiro atoms. The fourth-order valence-corrected chi connectivity index (χ4v) is 2.54. The lowest BCUT2D eigenvalue weighted by molar-refractivity contribution is -0.0358. The fourth-order valence-electron chi connectivity index (χ4n) is 2.54. The highest BCUT2D eigenvalue weighted by Crippen LogP contribution is 2.21. The van der Waals surface area contributed by atoms with Crippen molar-refractivity contribution in [2.24, 2.45) is 0 Å². The van der Waals surface area contributed by atoms with E-state index in [2.05, 4.69) is 19.9 Å². The quantitative estimate of drug-likeness (QED) is 0.922. The van der Waals surface area contributed by atoms with Crippen LogP contribution in [0.1, 0.15) is 23.3 Å². The van der Waals surface area contributed by atoms with Gasteiger partial charge < -0.3 is 9.72 Å². The van der Waals surface area contributed by atoms with Crippen LogP contribution in [-0.2, 0) is 11.3 Å². The minimum absolute atomic E-state index is 0.195. The molecular formula is C15H17FN4O2. The summed E-state index contributed by atoms with van der Waals surface area (Å²) < 4.78 is 19.4. The number of aromatic amines is 1. The van der Waals surface area contributed by atoms with Crippen molar-refractivity contribution in [1.82, 2.24) is 19.9 Å². The van der Waals surface area contributed by atoms with E-state index in [0.717, 1.165) is 0 Å². The molecule has 1 saturated heterocycles. The number of aromatic nitrogens is 3. The summed E-state index contributed by atoms with van der Waals surface area (Å²) in [6, 6.07) is 4.42. The van der Waals surface area contributed by atoms with Gasteiger partial charge in [0.25, 0.3) is 5.56 Å². The molecule has 0 saturated carbocycles. The van der Waals surface area contributed by atoms with Gasteiger partial charge in [0.05, 0.1) is 18.0 Å². The van der Waals surface area contributed by atoms with Crippen LogP contribution in [0, 0.1) is 12.7 Å². The first-order valence-corrected chi connectivity index (χ1v) is 7.13. The minimum Gasteiger partial charge on any atom is -0.369 e. The first-order valence-electron chi connectivity index (χ1n) is 7.13. The Kier molecular flexibility index (Phi) is 4.26. The van der Waals surface area contributed by atoms with E-state index >= 15 is 0 Å². The molecule has 0 amide bonds. The van der Waals surface area contributed by atoms with Crippen molar-refractivity contribution in [3.8, 4) is 0 Å². The van der Waals surface area contributed by atoms with Gasteiger partial charge in [-0.3, -0.25) is 14.7 Å². The SMILES string of the molecule is Cc1nc([C@H]2CN(Cc3ncccc3F)CCO2)cc(=O)[nH]1. The number of pyridine rings is 1. The molecule has 1 aliphatic heterocycles. The standard InChI is InChI=1S/C15H17FN4O2/c1-10-18-12(7-15(21)19-10)14-9-20(5-6-22-14)8-13-11(16)3-2-4-17-13/h2-4,7,14H,5-6,8-9H2,1H3,(H,18,19,21)/t14-/m1/s1. The van der Waals surface area contributed by atoms with Crippen LogP contribution >= 0.6 is 0 Å². The molecule has 0 aliphatic carbocycles. The van der Waals surface area contributed by atoms with Crippen molar-refractivity contribution in [1.29, 1.82) is 0 Å². The second-order valence-electron chi connectivity index (χ2n) is 5.28.